The fraction of sp³-hybridized carbons (Fsp3) is 0.160. The number of amides is 3. The van der Waals surface area contributed by atoms with Crippen LogP contribution in [0.3, 0.4) is 0 Å². The predicted molar refractivity (Wildman–Crippen MR) is 129 cm³/mol. The van der Waals surface area contributed by atoms with E-state index in [-0.39, 0.29) is 39.9 Å². The van der Waals surface area contributed by atoms with Gasteiger partial charge in [0.2, 0.25) is 5.75 Å². The topological polar surface area (TPSA) is 103 Å². The number of Topliss-reactive ketones (excluding diaryl/α,β-unsaturated/α-hetero) is 1. The molecule has 0 aliphatic rings. The molecule has 2 N–H and O–H groups in total. The van der Waals surface area contributed by atoms with Gasteiger partial charge in [0.25, 0.3) is 5.91 Å². The first-order valence-electron chi connectivity index (χ1n) is 10.1. The lowest BCUT2D eigenvalue weighted by Crippen LogP contribution is -2.34. The number of carbonyl (C=O) groups is 3. The van der Waals surface area contributed by atoms with Crippen molar-refractivity contribution in [3.05, 3.63) is 82.4 Å². The molecular formula is C25H23ClN2O6. The highest BCUT2D eigenvalue weighted by Gasteiger charge is 2.19. The summed E-state index contributed by atoms with van der Waals surface area (Å²) >= 11 is 6.20. The van der Waals surface area contributed by atoms with Crippen LogP contribution in [-0.4, -0.2) is 39.1 Å². The molecule has 0 fully saturated rings. The second-order valence-corrected chi connectivity index (χ2v) is 7.51. The Kier molecular flexibility index (Phi) is 8.10. The van der Waals surface area contributed by atoms with Crippen molar-refractivity contribution in [2.24, 2.45) is 0 Å². The van der Waals surface area contributed by atoms with Gasteiger partial charge in [-0.05, 0) is 35.9 Å². The van der Waals surface area contributed by atoms with Crippen LogP contribution in [0.15, 0.2) is 60.7 Å². The molecule has 0 aromatic heterocycles. The summed E-state index contributed by atoms with van der Waals surface area (Å²) in [5, 5.41) is 5.03. The van der Waals surface area contributed by atoms with Crippen molar-refractivity contribution in [2.75, 3.05) is 26.6 Å². The highest BCUT2D eigenvalue weighted by atomic mass is 35.5. The number of ether oxygens (including phenoxy) is 3. The van der Waals surface area contributed by atoms with Crippen molar-refractivity contribution in [3.8, 4) is 17.2 Å². The molecule has 0 aliphatic heterocycles. The Morgan fingerprint density at radius 1 is 0.853 bits per heavy atom. The Morgan fingerprint density at radius 2 is 1.50 bits per heavy atom. The van der Waals surface area contributed by atoms with Crippen LogP contribution in [0.1, 0.15) is 26.3 Å². The molecule has 3 rings (SSSR count). The minimum atomic E-state index is -0.789. The standard InChI is InChI=1S/C25H23ClN2O6/c1-32-21-12-16(13-22(33-2)23(21)34-3)24(30)28-25(31)27-17-9-10-19(26)18(14-17)20(29)11-15-7-5-4-6-8-15/h4-10,12-14H,11H2,1-3H3,(H2,27,28,30,31). The highest BCUT2D eigenvalue weighted by molar-refractivity contribution is 6.34. The number of carbonyl (C=O) groups excluding carboxylic acids is 3. The van der Waals surface area contributed by atoms with Crippen molar-refractivity contribution < 1.29 is 28.6 Å². The summed E-state index contributed by atoms with van der Waals surface area (Å²) in [6.45, 7) is 0. The van der Waals surface area contributed by atoms with Gasteiger partial charge in [-0.3, -0.25) is 14.9 Å². The Balaban J connectivity index is 1.72. The smallest absolute Gasteiger partial charge is 0.326 e. The molecule has 0 saturated carbocycles. The number of methoxy groups -OCH3 is 3. The van der Waals surface area contributed by atoms with Gasteiger partial charge in [-0.25, -0.2) is 4.79 Å². The van der Waals surface area contributed by atoms with E-state index < -0.39 is 11.9 Å². The lowest BCUT2D eigenvalue weighted by molar-refractivity contribution is 0.0963. The van der Waals surface area contributed by atoms with E-state index in [0.29, 0.717) is 11.4 Å². The number of hydrogen-bond donors (Lipinski definition) is 2. The van der Waals surface area contributed by atoms with Gasteiger partial charge in [0.15, 0.2) is 17.3 Å². The monoisotopic (exact) mass is 482 g/mol. The van der Waals surface area contributed by atoms with Gasteiger partial charge in [-0.1, -0.05) is 41.9 Å². The van der Waals surface area contributed by atoms with E-state index in [2.05, 4.69) is 10.6 Å². The first-order chi connectivity index (χ1) is 16.4. The second-order valence-electron chi connectivity index (χ2n) is 7.10. The van der Waals surface area contributed by atoms with E-state index in [1.807, 2.05) is 30.3 Å². The van der Waals surface area contributed by atoms with Crippen LogP contribution in [0.2, 0.25) is 5.02 Å². The molecule has 34 heavy (non-hydrogen) atoms. The summed E-state index contributed by atoms with van der Waals surface area (Å²) < 4.78 is 15.7. The van der Waals surface area contributed by atoms with Gasteiger partial charge in [-0.2, -0.15) is 0 Å². The maximum Gasteiger partial charge on any atom is 0.326 e. The van der Waals surface area contributed by atoms with Gasteiger partial charge in [0.1, 0.15) is 0 Å². The molecule has 0 aliphatic carbocycles. The summed E-state index contributed by atoms with van der Waals surface area (Å²) in [5.74, 6) is -0.0296. The third kappa shape index (κ3) is 5.85. The average molecular weight is 483 g/mol. The van der Waals surface area contributed by atoms with Crippen molar-refractivity contribution in [2.45, 2.75) is 6.42 Å². The molecule has 0 saturated heterocycles. The quantitative estimate of drug-likeness (QED) is 0.449. The van der Waals surface area contributed by atoms with E-state index in [9.17, 15) is 14.4 Å². The first-order valence-corrected chi connectivity index (χ1v) is 10.5. The molecule has 0 heterocycles. The number of benzene rings is 3. The van der Waals surface area contributed by atoms with Crippen LogP contribution in [0.5, 0.6) is 17.2 Å². The van der Waals surface area contributed by atoms with Crippen molar-refractivity contribution >= 4 is 35.0 Å². The molecule has 3 amide bonds. The molecule has 9 heteroatoms. The van der Waals surface area contributed by atoms with Crippen LogP contribution in [0, 0.1) is 0 Å². The van der Waals surface area contributed by atoms with Crippen LogP contribution in [0.25, 0.3) is 0 Å². The number of urea groups is 1. The summed E-state index contributed by atoms with van der Waals surface area (Å²) in [4.78, 5) is 37.8. The number of imide groups is 1. The fourth-order valence-corrected chi connectivity index (χ4v) is 3.47. The molecule has 0 atom stereocenters. The average Bonchev–Trinajstić information content (AvgIpc) is 2.84. The number of hydrogen-bond acceptors (Lipinski definition) is 6. The zero-order valence-corrected chi connectivity index (χ0v) is 19.6. The van der Waals surface area contributed by atoms with Crippen molar-refractivity contribution in [3.63, 3.8) is 0 Å². The Bertz CT molecular complexity index is 1190. The Morgan fingerprint density at radius 3 is 2.09 bits per heavy atom. The zero-order chi connectivity index (χ0) is 24.7. The lowest BCUT2D eigenvalue weighted by atomic mass is 10.0. The Hall–Kier alpha value is -4.04. The van der Waals surface area contributed by atoms with Gasteiger partial charge >= 0.3 is 6.03 Å². The maximum absolute atomic E-state index is 12.7. The molecule has 0 bridgehead atoms. The minimum Gasteiger partial charge on any atom is -0.493 e. The van der Waals surface area contributed by atoms with Crippen molar-refractivity contribution in [1.29, 1.82) is 0 Å². The van der Waals surface area contributed by atoms with Crippen LogP contribution in [0.4, 0.5) is 10.5 Å². The number of nitrogens with one attached hydrogen (secondary N) is 2. The zero-order valence-electron chi connectivity index (χ0n) is 18.8. The van der Waals surface area contributed by atoms with Crippen LogP contribution < -0.4 is 24.8 Å². The van der Waals surface area contributed by atoms with Crippen LogP contribution >= 0.6 is 11.6 Å². The van der Waals surface area contributed by atoms with Crippen molar-refractivity contribution in [1.82, 2.24) is 5.32 Å². The second kappa shape index (κ2) is 11.2. The van der Waals surface area contributed by atoms with Gasteiger partial charge in [-0.15, -0.1) is 0 Å². The molecule has 176 valence electrons. The molecule has 3 aromatic carbocycles. The molecule has 0 radical (unpaired) electrons. The van der Waals surface area contributed by atoms with E-state index in [4.69, 9.17) is 25.8 Å². The van der Waals surface area contributed by atoms with Gasteiger partial charge in [0.05, 0.1) is 26.4 Å². The van der Waals surface area contributed by atoms with E-state index >= 15 is 0 Å². The summed E-state index contributed by atoms with van der Waals surface area (Å²) in [5.41, 5.74) is 1.53. The lowest BCUT2D eigenvalue weighted by Gasteiger charge is -2.14. The Labute approximate surface area is 201 Å². The maximum atomic E-state index is 12.7. The van der Waals surface area contributed by atoms with Gasteiger partial charge < -0.3 is 19.5 Å². The number of rotatable bonds is 8. The predicted octanol–water partition coefficient (Wildman–Crippen LogP) is 4.75. The normalized spacial score (nSPS) is 10.2. The summed E-state index contributed by atoms with van der Waals surface area (Å²) in [6, 6.07) is 15.8. The van der Waals surface area contributed by atoms with E-state index in [1.54, 1.807) is 0 Å². The third-order valence-electron chi connectivity index (χ3n) is 4.89. The fourth-order valence-electron chi connectivity index (χ4n) is 3.24. The molecular weight excluding hydrogens is 460 g/mol. The first kappa shape index (κ1) is 24.6. The molecule has 0 spiro atoms. The number of ketones is 1. The summed E-state index contributed by atoms with van der Waals surface area (Å²) in [6.07, 6.45) is 0.163. The van der Waals surface area contributed by atoms with Crippen LogP contribution in [-0.2, 0) is 6.42 Å². The largest absolute Gasteiger partial charge is 0.493 e. The molecule has 0 unspecified atom stereocenters. The number of halogens is 1. The summed E-state index contributed by atoms with van der Waals surface area (Å²) in [7, 11) is 4.28. The number of anilines is 1. The highest BCUT2D eigenvalue weighted by Crippen LogP contribution is 2.38. The third-order valence-corrected chi connectivity index (χ3v) is 5.22. The van der Waals surface area contributed by atoms with E-state index in [1.165, 1.54) is 51.7 Å². The minimum absolute atomic E-state index is 0.125. The van der Waals surface area contributed by atoms with E-state index in [0.717, 1.165) is 5.56 Å². The molecule has 3 aromatic rings. The van der Waals surface area contributed by atoms with Gasteiger partial charge in [0, 0.05) is 23.2 Å². The molecule has 8 nitrogen and oxygen atoms in total. The SMILES string of the molecule is COc1cc(C(=O)NC(=O)Nc2ccc(Cl)c(C(=O)Cc3ccccc3)c2)cc(OC)c1OC.